The molecule has 12 heteroatoms. The first-order chi connectivity index (χ1) is 14.5. The topological polar surface area (TPSA) is 136 Å². The Kier molecular flexibility index (Phi) is 7.86. The number of amides is 1. The van der Waals surface area contributed by atoms with Crippen LogP contribution in [0, 0.1) is 10.1 Å². The maximum atomic E-state index is 12.3. The molecule has 31 heavy (non-hydrogen) atoms. The molecule has 2 aromatic carbocycles. The highest BCUT2D eigenvalue weighted by Gasteiger charge is 2.21. The number of nitro benzene ring substituents is 1. The Morgan fingerprint density at radius 2 is 1.94 bits per heavy atom. The van der Waals surface area contributed by atoms with E-state index < -0.39 is 33.4 Å². The molecule has 0 aliphatic rings. The minimum Gasteiger partial charge on any atom is -0.452 e. The molecule has 164 valence electrons. The van der Waals surface area contributed by atoms with E-state index in [9.17, 15) is 28.1 Å². The van der Waals surface area contributed by atoms with Crippen molar-refractivity contribution in [2.75, 3.05) is 26.0 Å². The lowest BCUT2D eigenvalue weighted by atomic mass is 10.2. The van der Waals surface area contributed by atoms with Crippen LogP contribution in [0.5, 0.6) is 0 Å². The Morgan fingerprint density at radius 3 is 2.58 bits per heavy atom. The number of ether oxygens (including phenoxy) is 1. The van der Waals surface area contributed by atoms with Crippen LogP contribution in [0.2, 0.25) is 5.02 Å². The summed E-state index contributed by atoms with van der Waals surface area (Å²) >= 11 is 5.94. The van der Waals surface area contributed by atoms with Gasteiger partial charge in [-0.1, -0.05) is 23.7 Å². The zero-order valence-electron chi connectivity index (χ0n) is 16.4. The third-order valence-corrected chi connectivity index (χ3v) is 6.11. The van der Waals surface area contributed by atoms with Gasteiger partial charge in [-0.25, -0.2) is 17.5 Å². The van der Waals surface area contributed by atoms with Gasteiger partial charge in [0.1, 0.15) is 4.90 Å². The number of hydrogen-bond donors (Lipinski definition) is 1. The van der Waals surface area contributed by atoms with Crippen LogP contribution >= 0.6 is 11.6 Å². The Bertz CT molecular complexity index is 1150. The maximum Gasteiger partial charge on any atom is 0.331 e. The minimum atomic E-state index is -3.82. The number of carbonyl (C=O) groups excluding carboxylic acids is 2. The van der Waals surface area contributed by atoms with Gasteiger partial charge < -0.3 is 10.1 Å². The monoisotopic (exact) mass is 467 g/mol. The van der Waals surface area contributed by atoms with Crippen LogP contribution in [-0.4, -0.2) is 50.2 Å². The number of non-ortho nitro benzene ring substituents is 1. The minimum absolute atomic E-state index is 0.00980. The molecule has 0 aliphatic carbocycles. The maximum absolute atomic E-state index is 12.3. The van der Waals surface area contributed by atoms with E-state index in [0.29, 0.717) is 5.56 Å². The van der Waals surface area contributed by atoms with Crippen LogP contribution in [0.3, 0.4) is 0 Å². The van der Waals surface area contributed by atoms with Gasteiger partial charge in [0.05, 0.1) is 9.95 Å². The van der Waals surface area contributed by atoms with E-state index >= 15 is 0 Å². The first kappa shape index (κ1) is 24.0. The average molecular weight is 468 g/mol. The van der Waals surface area contributed by atoms with E-state index in [-0.39, 0.29) is 21.3 Å². The zero-order valence-corrected chi connectivity index (χ0v) is 18.0. The molecular weight excluding hydrogens is 450 g/mol. The summed E-state index contributed by atoms with van der Waals surface area (Å²) in [4.78, 5) is 33.8. The van der Waals surface area contributed by atoms with Crippen LogP contribution in [0.1, 0.15) is 5.56 Å². The summed E-state index contributed by atoms with van der Waals surface area (Å²) in [7, 11) is -1.13. The summed E-state index contributed by atoms with van der Waals surface area (Å²) in [5, 5.41) is 13.2. The molecule has 0 saturated heterocycles. The lowest BCUT2D eigenvalue weighted by molar-refractivity contribution is -0.384. The summed E-state index contributed by atoms with van der Waals surface area (Å²) in [6.45, 7) is -0.628. The van der Waals surface area contributed by atoms with Crippen molar-refractivity contribution in [1.29, 1.82) is 0 Å². The average Bonchev–Trinajstić information content (AvgIpc) is 2.72. The predicted molar refractivity (Wildman–Crippen MR) is 114 cm³/mol. The first-order valence-electron chi connectivity index (χ1n) is 8.62. The van der Waals surface area contributed by atoms with E-state index in [1.165, 1.54) is 56.6 Å². The fourth-order valence-electron chi connectivity index (χ4n) is 2.26. The van der Waals surface area contributed by atoms with Crippen molar-refractivity contribution in [2.24, 2.45) is 0 Å². The Labute approximate surface area is 183 Å². The standard InChI is InChI=1S/C19H18ClN3O7S/c1-22(2)31(28,29)17-11-14(7-8-16(17)20)21-18(24)12-30-19(25)9-6-13-4-3-5-15(10-13)23(26)27/h3-11H,12H2,1-2H3,(H,21,24). The lowest BCUT2D eigenvalue weighted by Gasteiger charge is -2.14. The number of benzene rings is 2. The van der Waals surface area contributed by atoms with Gasteiger partial charge in [0, 0.05) is 38.0 Å². The van der Waals surface area contributed by atoms with E-state index in [2.05, 4.69) is 5.32 Å². The van der Waals surface area contributed by atoms with Gasteiger partial charge in [-0.3, -0.25) is 14.9 Å². The highest BCUT2D eigenvalue weighted by Crippen LogP contribution is 2.26. The molecule has 0 heterocycles. The van der Waals surface area contributed by atoms with Crippen LogP contribution in [0.4, 0.5) is 11.4 Å². The SMILES string of the molecule is CN(C)S(=O)(=O)c1cc(NC(=O)COC(=O)C=Cc2cccc([N+](=O)[O-])c2)ccc1Cl. The molecule has 0 aliphatic heterocycles. The molecule has 2 rings (SSSR count). The second-order valence-electron chi connectivity index (χ2n) is 6.27. The van der Waals surface area contributed by atoms with Gasteiger partial charge in [-0.05, 0) is 29.8 Å². The molecule has 10 nitrogen and oxygen atoms in total. The molecule has 2 aromatic rings. The molecule has 0 bridgehead atoms. The summed E-state index contributed by atoms with van der Waals surface area (Å²) in [5.74, 6) is -1.54. The second kappa shape index (κ2) is 10.2. The van der Waals surface area contributed by atoms with Gasteiger partial charge in [0.25, 0.3) is 11.6 Å². The molecule has 0 atom stereocenters. The van der Waals surface area contributed by atoms with Crippen LogP contribution < -0.4 is 5.32 Å². The van der Waals surface area contributed by atoms with Crippen molar-refractivity contribution in [3.8, 4) is 0 Å². The fourth-order valence-corrected chi connectivity index (χ4v) is 3.66. The molecule has 0 saturated carbocycles. The van der Waals surface area contributed by atoms with Gasteiger partial charge in [-0.2, -0.15) is 0 Å². The lowest BCUT2D eigenvalue weighted by Crippen LogP contribution is -2.23. The molecule has 0 radical (unpaired) electrons. The first-order valence-corrected chi connectivity index (χ1v) is 10.4. The van der Waals surface area contributed by atoms with Crippen molar-refractivity contribution in [1.82, 2.24) is 4.31 Å². The molecular formula is C19H18ClN3O7S. The Morgan fingerprint density at radius 1 is 1.23 bits per heavy atom. The highest BCUT2D eigenvalue weighted by atomic mass is 35.5. The Hall–Kier alpha value is -3.28. The summed E-state index contributed by atoms with van der Waals surface area (Å²) in [5.41, 5.74) is 0.429. The summed E-state index contributed by atoms with van der Waals surface area (Å²) in [6, 6.07) is 9.53. The summed E-state index contributed by atoms with van der Waals surface area (Å²) < 4.78 is 30.3. The number of sulfonamides is 1. The van der Waals surface area contributed by atoms with Crippen molar-refractivity contribution in [3.05, 3.63) is 69.2 Å². The van der Waals surface area contributed by atoms with Crippen LogP contribution in [0.15, 0.2) is 53.4 Å². The third-order valence-electron chi connectivity index (χ3n) is 3.81. The number of halogens is 1. The van der Waals surface area contributed by atoms with E-state index in [1.54, 1.807) is 6.07 Å². The Balaban J connectivity index is 1.97. The van der Waals surface area contributed by atoms with Crippen molar-refractivity contribution in [3.63, 3.8) is 0 Å². The molecule has 0 unspecified atom stereocenters. The number of rotatable bonds is 8. The molecule has 0 spiro atoms. The normalized spacial score (nSPS) is 11.5. The van der Waals surface area contributed by atoms with Gasteiger partial charge in [-0.15, -0.1) is 0 Å². The largest absolute Gasteiger partial charge is 0.452 e. The molecule has 1 amide bonds. The van der Waals surface area contributed by atoms with E-state index in [4.69, 9.17) is 16.3 Å². The smallest absolute Gasteiger partial charge is 0.331 e. The molecule has 0 aromatic heterocycles. The third kappa shape index (κ3) is 6.60. The quantitative estimate of drug-likeness (QED) is 0.273. The number of esters is 1. The van der Waals surface area contributed by atoms with Crippen LogP contribution in [-0.2, 0) is 24.3 Å². The molecule has 0 fully saturated rings. The highest BCUT2D eigenvalue weighted by molar-refractivity contribution is 7.89. The van der Waals surface area contributed by atoms with Crippen molar-refractivity contribution >= 4 is 51.0 Å². The van der Waals surface area contributed by atoms with Gasteiger partial charge >= 0.3 is 5.97 Å². The number of nitrogens with zero attached hydrogens (tertiary/aromatic N) is 2. The van der Waals surface area contributed by atoms with E-state index in [0.717, 1.165) is 10.4 Å². The predicted octanol–water partition coefficient (Wildman–Crippen LogP) is 2.69. The number of nitro groups is 1. The van der Waals surface area contributed by atoms with Gasteiger partial charge in [0.2, 0.25) is 10.0 Å². The van der Waals surface area contributed by atoms with Crippen molar-refractivity contribution < 1.29 is 27.7 Å². The summed E-state index contributed by atoms with van der Waals surface area (Å²) in [6.07, 6.45) is 2.33. The van der Waals surface area contributed by atoms with Gasteiger partial charge in [0.15, 0.2) is 6.61 Å². The zero-order chi connectivity index (χ0) is 23.2. The number of carbonyl (C=O) groups is 2. The number of nitrogens with one attached hydrogen (secondary N) is 1. The van der Waals surface area contributed by atoms with Crippen LogP contribution in [0.25, 0.3) is 6.08 Å². The number of anilines is 1. The second-order valence-corrected chi connectivity index (χ2v) is 8.80. The number of hydrogen-bond acceptors (Lipinski definition) is 7. The molecule has 1 N–H and O–H groups in total. The van der Waals surface area contributed by atoms with Crippen molar-refractivity contribution in [2.45, 2.75) is 4.90 Å². The van der Waals surface area contributed by atoms with E-state index in [1.807, 2.05) is 0 Å². The fraction of sp³-hybridized carbons (Fsp3) is 0.158.